The average molecular weight is 429 g/mol. The fourth-order valence-electron chi connectivity index (χ4n) is 2.95. The summed E-state index contributed by atoms with van der Waals surface area (Å²) in [4.78, 5) is 12.6. The second kappa shape index (κ2) is 9.55. The summed E-state index contributed by atoms with van der Waals surface area (Å²) in [5.74, 6) is 0.881. The van der Waals surface area contributed by atoms with Crippen LogP contribution in [0.25, 0.3) is 0 Å². The van der Waals surface area contributed by atoms with Gasteiger partial charge in [-0.05, 0) is 67.9 Å². The molecule has 0 bridgehead atoms. The van der Waals surface area contributed by atoms with Crippen molar-refractivity contribution in [3.05, 3.63) is 89.0 Å². The van der Waals surface area contributed by atoms with Gasteiger partial charge < -0.3 is 14.8 Å². The van der Waals surface area contributed by atoms with Gasteiger partial charge in [0.1, 0.15) is 18.1 Å². The van der Waals surface area contributed by atoms with Gasteiger partial charge >= 0.3 is 6.18 Å². The SMILES string of the molecule is CCOc1ccc(C(=O)Nc2ccc(C(F)(F)F)cc2)cc1COc1ccccc1C. The van der Waals surface area contributed by atoms with Crippen LogP contribution in [0.1, 0.15) is 34.0 Å². The lowest BCUT2D eigenvalue weighted by Gasteiger charge is -2.14. The van der Waals surface area contributed by atoms with Gasteiger partial charge in [0.25, 0.3) is 5.91 Å². The number of rotatable bonds is 7. The van der Waals surface area contributed by atoms with Crippen LogP contribution in [0.2, 0.25) is 0 Å². The Morgan fingerprint density at radius 1 is 0.935 bits per heavy atom. The van der Waals surface area contributed by atoms with Crippen LogP contribution in [-0.4, -0.2) is 12.5 Å². The smallest absolute Gasteiger partial charge is 0.416 e. The van der Waals surface area contributed by atoms with E-state index in [0.717, 1.165) is 23.4 Å². The first-order chi connectivity index (χ1) is 14.8. The highest BCUT2D eigenvalue weighted by Gasteiger charge is 2.30. The molecular weight excluding hydrogens is 407 g/mol. The summed E-state index contributed by atoms with van der Waals surface area (Å²) in [6.07, 6.45) is -4.43. The van der Waals surface area contributed by atoms with Gasteiger partial charge in [0.05, 0.1) is 12.2 Å². The number of ether oxygens (including phenoxy) is 2. The van der Waals surface area contributed by atoms with Gasteiger partial charge in [-0.1, -0.05) is 18.2 Å². The summed E-state index contributed by atoms with van der Waals surface area (Å²) in [7, 11) is 0. The third-order valence-corrected chi connectivity index (χ3v) is 4.57. The number of alkyl halides is 3. The van der Waals surface area contributed by atoms with Crippen molar-refractivity contribution in [3.8, 4) is 11.5 Å². The Kier molecular flexibility index (Phi) is 6.84. The summed E-state index contributed by atoms with van der Waals surface area (Å²) in [5.41, 5.74) is 1.50. The number of aryl methyl sites for hydroxylation is 1. The van der Waals surface area contributed by atoms with Crippen molar-refractivity contribution < 1.29 is 27.4 Å². The number of hydrogen-bond acceptors (Lipinski definition) is 3. The molecule has 0 spiro atoms. The summed E-state index contributed by atoms with van der Waals surface area (Å²) < 4.78 is 49.6. The fourth-order valence-corrected chi connectivity index (χ4v) is 2.95. The molecule has 7 heteroatoms. The third kappa shape index (κ3) is 5.78. The van der Waals surface area contributed by atoms with Crippen LogP contribution in [0.15, 0.2) is 66.7 Å². The maximum atomic E-state index is 12.7. The Morgan fingerprint density at radius 2 is 1.65 bits per heavy atom. The number of nitrogens with one attached hydrogen (secondary N) is 1. The minimum absolute atomic E-state index is 0.196. The molecule has 0 aromatic heterocycles. The van der Waals surface area contributed by atoms with E-state index in [2.05, 4.69) is 5.32 Å². The quantitative estimate of drug-likeness (QED) is 0.483. The molecule has 0 aliphatic carbocycles. The van der Waals surface area contributed by atoms with E-state index in [1.54, 1.807) is 18.2 Å². The third-order valence-electron chi connectivity index (χ3n) is 4.57. The van der Waals surface area contributed by atoms with E-state index in [9.17, 15) is 18.0 Å². The van der Waals surface area contributed by atoms with Crippen LogP contribution >= 0.6 is 0 Å². The number of benzene rings is 3. The lowest BCUT2D eigenvalue weighted by molar-refractivity contribution is -0.137. The van der Waals surface area contributed by atoms with E-state index in [4.69, 9.17) is 9.47 Å². The molecular formula is C24H22F3NO3. The number of halogens is 3. The normalized spacial score (nSPS) is 11.1. The topological polar surface area (TPSA) is 47.6 Å². The molecule has 0 heterocycles. The zero-order valence-electron chi connectivity index (χ0n) is 17.1. The van der Waals surface area contributed by atoms with E-state index in [1.807, 2.05) is 38.1 Å². The Labute approximate surface area is 178 Å². The summed E-state index contributed by atoms with van der Waals surface area (Å²) in [5, 5.41) is 2.61. The van der Waals surface area contributed by atoms with Gasteiger partial charge in [0.15, 0.2) is 0 Å². The number of para-hydroxylation sites is 1. The second-order valence-electron chi connectivity index (χ2n) is 6.84. The molecule has 0 aliphatic rings. The highest BCUT2D eigenvalue weighted by atomic mass is 19.4. The zero-order valence-corrected chi connectivity index (χ0v) is 17.1. The van der Waals surface area contributed by atoms with Crippen molar-refractivity contribution in [1.82, 2.24) is 0 Å². The van der Waals surface area contributed by atoms with Crippen LogP contribution in [0.5, 0.6) is 11.5 Å². The number of carbonyl (C=O) groups excluding carboxylic acids is 1. The van der Waals surface area contributed by atoms with Crippen molar-refractivity contribution in [2.24, 2.45) is 0 Å². The standard InChI is InChI=1S/C24H22F3NO3/c1-3-30-22-13-8-17(14-18(22)15-31-21-7-5-4-6-16(21)2)23(29)28-20-11-9-19(10-12-20)24(25,26)27/h4-14H,3,15H2,1-2H3,(H,28,29). The molecule has 3 aromatic rings. The molecule has 0 unspecified atom stereocenters. The number of amides is 1. The lowest BCUT2D eigenvalue weighted by Crippen LogP contribution is -2.13. The Balaban J connectivity index is 1.77. The molecule has 1 amide bonds. The molecule has 3 aromatic carbocycles. The molecule has 0 atom stereocenters. The molecule has 0 aliphatic heterocycles. The molecule has 0 fully saturated rings. The molecule has 0 saturated heterocycles. The highest BCUT2D eigenvalue weighted by Crippen LogP contribution is 2.30. The number of carbonyl (C=O) groups is 1. The van der Waals surface area contributed by atoms with Crippen LogP contribution in [-0.2, 0) is 12.8 Å². The fraction of sp³-hybridized carbons (Fsp3) is 0.208. The Hall–Kier alpha value is -3.48. The summed E-state index contributed by atoms with van der Waals surface area (Å²) >= 11 is 0. The van der Waals surface area contributed by atoms with Crippen LogP contribution in [0.4, 0.5) is 18.9 Å². The van der Waals surface area contributed by atoms with E-state index < -0.39 is 17.6 Å². The Bertz CT molecular complexity index is 1050. The maximum absolute atomic E-state index is 12.7. The molecule has 3 rings (SSSR count). The van der Waals surface area contributed by atoms with Gasteiger partial charge in [-0.25, -0.2) is 0 Å². The summed E-state index contributed by atoms with van der Waals surface area (Å²) in [6, 6.07) is 16.8. The number of hydrogen-bond donors (Lipinski definition) is 1. The second-order valence-corrected chi connectivity index (χ2v) is 6.84. The monoisotopic (exact) mass is 429 g/mol. The van der Waals surface area contributed by atoms with Gasteiger partial charge in [-0.2, -0.15) is 13.2 Å². The van der Waals surface area contributed by atoms with E-state index in [0.29, 0.717) is 23.5 Å². The molecule has 1 N–H and O–H groups in total. The minimum atomic E-state index is -4.43. The largest absolute Gasteiger partial charge is 0.493 e. The van der Waals surface area contributed by atoms with Crippen molar-refractivity contribution in [2.45, 2.75) is 26.6 Å². The van der Waals surface area contributed by atoms with Gasteiger partial charge in [-0.3, -0.25) is 4.79 Å². The highest BCUT2D eigenvalue weighted by molar-refractivity contribution is 6.04. The van der Waals surface area contributed by atoms with E-state index >= 15 is 0 Å². The molecule has 31 heavy (non-hydrogen) atoms. The average Bonchev–Trinajstić information content (AvgIpc) is 2.74. The van der Waals surface area contributed by atoms with Gasteiger partial charge in [0, 0.05) is 16.8 Å². The molecule has 4 nitrogen and oxygen atoms in total. The van der Waals surface area contributed by atoms with Gasteiger partial charge in [-0.15, -0.1) is 0 Å². The molecule has 162 valence electrons. The van der Waals surface area contributed by atoms with Crippen molar-refractivity contribution >= 4 is 11.6 Å². The predicted molar refractivity (Wildman–Crippen MR) is 113 cm³/mol. The van der Waals surface area contributed by atoms with Crippen molar-refractivity contribution in [3.63, 3.8) is 0 Å². The minimum Gasteiger partial charge on any atom is -0.493 e. The van der Waals surface area contributed by atoms with Crippen LogP contribution < -0.4 is 14.8 Å². The number of anilines is 1. The first-order valence-corrected chi connectivity index (χ1v) is 9.70. The molecule has 0 radical (unpaired) electrons. The predicted octanol–water partition coefficient (Wildman–Crippen LogP) is 6.24. The maximum Gasteiger partial charge on any atom is 0.416 e. The van der Waals surface area contributed by atoms with Crippen LogP contribution in [0, 0.1) is 6.92 Å². The van der Waals surface area contributed by atoms with E-state index in [1.165, 1.54) is 12.1 Å². The Morgan fingerprint density at radius 3 is 2.29 bits per heavy atom. The van der Waals surface area contributed by atoms with Crippen molar-refractivity contribution in [1.29, 1.82) is 0 Å². The summed E-state index contributed by atoms with van der Waals surface area (Å²) in [6.45, 7) is 4.44. The van der Waals surface area contributed by atoms with E-state index in [-0.39, 0.29) is 12.3 Å². The van der Waals surface area contributed by atoms with Crippen LogP contribution in [0.3, 0.4) is 0 Å². The zero-order chi connectivity index (χ0) is 22.4. The first-order valence-electron chi connectivity index (χ1n) is 9.70. The lowest BCUT2D eigenvalue weighted by atomic mass is 10.1. The first kappa shape index (κ1) is 22.2. The van der Waals surface area contributed by atoms with Crippen molar-refractivity contribution in [2.75, 3.05) is 11.9 Å². The van der Waals surface area contributed by atoms with Gasteiger partial charge in [0.2, 0.25) is 0 Å². The molecule has 0 saturated carbocycles.